The molecule has 12 nitrogen and oxygen atoms in total. The maximum Gasteiger partial charge on any atom is 0.513 e. The summed E-state index contributed by atoms with van der Waals surface area (Å²) >= 11 is 0. The van der Waals surface area contributed by atoms with Crippen molar-refractivity contribution in [1.82, 2.24) is 0 Å². The Hall–Kier alpha value is -3.54. The van der Waals surface area contributed by atoms with E-state index >= 15 is 0 Å². The summed E-state index contributed by atoms with van der Waals surface area (Å²) in [6, 6.07) is 2.71. The van der Waals surface area contributed by atoms with Gasteiger partial charge in [-0.1, -0.05) is 54.5 Å². The topological polar surface area (TPSA) is 170 Å². The van der Waals surface area contributed by atoms with Crippen molar-refractivity contribution in [2.75, 3.05) is 19.8 Å². The third-order valence-electron chi connectivity index (χ3n) is 5.98. The number of carbonyl (C=O) groups is 4. The summed E-state index contributed by atoms with van der Waals surface area (Å²) in [6.45, 7) is 15.0. The van der Waals surface area contributed by atoms with Crippen molar-refractivity contribution in [2.24, 2.45) is 29.4 Å². The number of ether oxygens (including phenoxy) is 6. The largest absolute Gasteiger partial charge is 0.513 e. The van der Waals surface area contributed by atoms with Crippen LogP contribution in [-0.4, -0.2) is 61.5 Å². The van der Waals surface area contributed by atoms with E-state index in [0.29, 0.717) is 17.9 Å². The molecule has 4 atom stereocenters. The number of hydrogen-bond acceptors (Lipinski definition) is 11. The molecule has 41 heavy (non-hydrogen) atoms. The molecule has 0 amide bonds. The number of carboxylic acids is 1. The van der Waals surface area contributed by atoms with Gasteiger partial charge >= 0.3 is 24.4 Å². The first kappa shape index (κ1) is 35.5. The fraction of sp³-hybridized carbons (Fsp3) is 0.655. The van der Waals surface area contributed by atoms with Crippen LogP contribution in [0.4, 0.5) is 14.4 Å². The number of hydrogen-bond donors (Lipinski definition) is 2. The van der Waals surface area contributed by atoms with E-state index in [1.807, 2.05) is 41.5 Å². The summed E-state index contributed by atoms with van der Waals surface area (Å²) in [6.07, 6.45) is -3.10. The molecule has 0 bridgehead atoms. The van der Waals surface area contributed by atoms with E-state index in [-0.39, 0.29) is 43.2 Å². The van der Waals surface area contributed by atoms with E-state index < -0.39 is 48.4 Å². The van der Waals surface area contributed by atoms with Crippen LogP contribution in [0, 0.1) is 23.7 Å². The number of nitrogens with two attached hydrogens (primary N) is 1. The fourth-order valence-electron chi connectivity index (χ4n) is 3.56. The zero-order chi connectivity index (χ0) is 31.3. The first-order chi connectivity index (χ1) is 19.1. The average Bonchev–Trinajstić information content (AvgIpc) is 2.87. The molecular formula is C29H45NO11. The molecule has 1 rings (SSSR count). The van der Waals surface area contributed by atoms with E-state index in [0.717, 1.165) is 0 Å². The summed E-state index contributed by atoms with van der Waals surface area (Å²) in [7, 11) is 0. The van der Waals surface area contributed by atoms with Crippen LogP contribution in [0.5, 0.6) is 11.5 Å². The molecule has 1 aromatic rings. The van der Waals surface area contributed by atoms with Gasteiger partial charge in [-0.2, -0.15) is 0 Å². The van der Waals surface area contributed by atoms with Crippen LogP contribution in [-0.2, 0) is 23.7 Å². The maximum atomic E-state index is 12.4. The lowest BCUT2D eigenvalue weighted by atomic mass is 9.79. The lowest BCUT2D eigenvalue weighted by Crippen LogP contribution is -2.42. The van der Waals surface area contributed by atoms with E-state index in [1.54, 1.807) is 13.8 Å². The third-order valence-corrected chi connectivity index (χ3v) is 5.98. The van der Waals surface area contributed by atoms with Crippen LogP contribution in [0.25, 0.3) is 0 Å². The van der Waals surface area contributed by atoms with Crippen molar-refractivity contribution in [2.45, 2.75) is 79.9 Å². The Morgan fingerprint density at radius 3 is 1.78 bits per heavy atom. The standard InChI is InChI=1S/C29H45NO11/c1-16(2)11-12-36-27(33)39-20(8)19(7)24(25(30)26(31)32)21-9-10-22(40-28(34)37-14-17(3)4)23(13-21)41-29(35)38-15-18(5)6/h9-10,13,16-20,24-25H,11-12,14-15,30H2,1-8H3,(H,31,32)/t19?,20?,24?,25-/m0/s1. The highest BCUT2D eigenvalue weighted by molar-refractivity contribution is 5.75. The summed E-state index contributed by atoms with van der Waals surface area (Å²) in [4.78, 5) is 48.8. The fourth-order valence-corrected chi connectivity index (χ4v) is 3.56. The molecule has 0 saturated carbocycles. The predicted octanol–water partition coefficient (Wildman–Crippen LogP) is 5.75. The Morgan fingerprint density at radius 1 is 0.756 bits per heavy atom. The van der Waals surface area contributed by atoms with Crippen LogP contribution in [0.3, 0.4) is 0 Å². The zero-order valence-corrected chi connectivity index (χ0v) is 25.2. The summed E-state index contributed by atoms with van der Waals surface area (Å²) in [5, 5.41) is 9.76. The van der Waals surface area contributed by atoms with Crippen molar-refractivity contribution in [3.05, 3.63) is 23.8 Å². The molecular weight excluding hydrogens is 538 g/mol. The first-order valence-corrected chi connectivity index (χ1v) is 13.8. The molecule has 232 valence electrons. The quantitative estimate of drug-likeness (QED) is 0.146. The van der Waals surface area contributed by atoms with Crippen LogP contribution in [0.15, 0.2) is 18.2 Å². The molecule has 3 unspecified atom stereocenters. The van der Waals surface area contributed by atoms with Gasteiger partial charge in [0.15, 0.2) is 11.5 Å². The molecule has 12 heteroatoms. The molecule has 0 saturated heterocycles. The van der Waals surface area contributed by atoms with Gasteiger partial charge in [0.05, 0.1) is 19.8 Å². The monoisotopic (exact) mass is 583 g/mol. The molecule has 0 aliphatic rings. The van der Waals surface area contributed by atoms with E-state index in [1.165, 1.54) is 18.2 Å². The van der Waals surface area contributed by atoms with Gasteiger partial charge in [0, 0.05) is 11.8 Å². The van der Waals surface area contributed by atoms with Gasteiger partial charge in [-0.3, -0.25) is 4.79 Å². The number of benzene rings is 1. The van der Waals surface area contributed by atoms with Crippen molar-refractivity contribution >= 4 is 24.4 Å². The number of carbonyl (C=O) groups excluding carboxylic acids is 3. The third kappa shape index (κ3) is 13.1. The Kier molecular flexibility index (Phi) is 15.0. The summed E-state index contributed by atoms with van der Waals surface area (Å²) in [5.74, 6) is -2.81. The highest BCUT2D eigenvalue weighted by Gasteiger charge is 2.36. The van der Waals surface area contributed by atoms with Gasteiger partial charge in [-0.25, -0.2) is 14.4 Å². The van der Waals surface area contributed by atoms with E-state index in [9.17, 15) is 24.3 Å². The zero-order valence-electron chi connectivity index (χ0n) is 25.2. The van der Waals surface area contributed by atoms with E-state index in [4.69, 9.17) is 34.2 Å². The van der Waals surface area contributed by atoms with Gasteiger partial charge in [-0.05, 0) is 48.8 Å². The SMILES string of the molecule is CC(C)CCOC(=O)OC(C)C(C)C(c1ccc(OC(=O)OCC(C)C)c(OC(=O)OCC(C)C)c1)[C@H](N)C(=O)O. The molecule has 0 aliphatic carbocycles. The number of aliphatic carboxylic acids is 1. The van der Waals surface area contributed by atoms with Gasteiger partial charge in [0.1, 0.15) is 12.1 Å². The van der Waals surface area contributed by atoms with Crippen molar-refractivity contribution in [1.29, 1.82) is 0 Å². The lowest BCUT2D eigenvalue weighted by Gasteiger charge is -2.31. The smallest absolute Gasteiger partial charge is 0.480 e. The van der Waals surface area contributed by atoms with Gasteiger partial charge in [-0.15, -0.1) is 0 Å². The minimum Gasteiger partial charge on any atom is -0.480 e. The summed E-state index contributed by atoms with van der Waals surface area (Å²) in [5.41, 5.74) is 6.41. The molecule has 0 spiro atoms. The highest BCUT2D eigenvalue weighted by Crippen LogP contribution is 2.37. The predicted molar refractivity (Wildman–Crippen MR) is 149 cm³/mol. The Balaban J connectivity index is 3.33. The molecule has 0 aliphatic heterocycles. The van der Waals surface area contributed by atoms with Crippen LogP contribution in [0.1, 0.15) is 73.3 Å². The van der Waals surface area contributed by atoms with Crippen molar-refractivity contribution in [3.8, 4) is 11.5 Å². The van der Waals surface area contributed by atoms with Crippen molar-refractivity contribution < 1.29 is 52.7 Å². The molecule has 1 aromatic carbocycles. The number of carboxylic acid groups (broad SMARTS) is 1. The minimum absolute atomic E-state index is 0.0351. The second-order valence-corrected chi connectivity index (χ2v) is 11.2. The van der Waals surface area contributed by atoms with Crippen LogP contribution < -0.4 is 15.2 Å². The second kappa shape index (κ2) is 17.3. The van der Waals surface area contributed by atoms with E-state index in [2.05, 4.69) is 0 Å². The van der Waals surface area contributed by atoms with Gasteiger partial charge in [0.25, 0.3) is 0 Å². The maximum absolute atomic E-state index is 12.4. The van der Waals surface area contributed by atoms with Crippen molar-refractivity contribution in [3.63, 3.8) is 0 Å². The molecule has 3 N–H and O–H groups in total. The molecule has 0 aromatic heterocycles. The number of rotatable bonds is 15. The van der Waals surface area contributed by atoms with Gasteiger partial charge < -0.3 is 39.3 Å². The molecule has 0 fully saturated rings. The minimum atomic E-state index is -1.43. The first-order valence-electron chi connectivity index (χ1n) is 13.8. The average molecular weight is 584 g/mol. The highest BCUT2D eigenvalue weighted by atomic mass is 16.7. The molecule has 0 radical (unpaired) electrons. The normalized spacial score (nSPS) is 14.1. The van der Waals surface area contributed by atoms with Gasteiger partial charge in [0.2, 0.25) is 0 Å². The second-order valence-electron chi connectivity index (χ2n) is 11.2. The Morgan fingerprint density at radius 2 is 1.29 bits per heavy atom. The Bertz CT molecular complexity index is 1010. The Labute approximate surface area is 241 Å². The molecule has 0 heterocycles. The lowest BCUT2D eigenvalue weighted by molar-refractivity contribution is -0.139. The summed E-state index contributed by atoms with van der Waals surface area (Å²) < 4.78 is 31.2. The van der Waals surface area contributed by atoms with Crippen LogP contribution >= 0.6 is 0 Å². The van der Waals surface area contributed by atoms with Crippen LogP contribution in [0.2, 0.25) is 0 Å².